The van der Waals surface area contributed by atoms with Gasteiger partial charge in [-0.05, 0) is 48.2 Å². The Morgan fingerprint density at radius 3 is 2.57 bits per heavy atom. The number of aliphatic hydroxyl groups excluding tert-OH is 1. The van der Waals surface area contributed by atoms with Gasteiger partial charge in [0, 0.05) is 41.7 Å². The molecular formula is C23H20FN3O3. The van der Waals surface area contributed by atoms with E-state index in [1.54, 1.807) is 47.4 Å². The number of aryl methyl sites for hydroxylation is 1. The predicted octanol–water partition coefficient (Wildman–Crippen LogP) is 4.02. The first kappa shape index (κ1) is 19.7. The van der Waals surface area contributed by atoms with Crippen molar-refractivity contribution >= 4 is 16.9 Å². The van der Waals surface area contributed by atoms with E-state index < -0.39 is 5.97 Å². The summed E-state index contributed by atoms with van der Waals surface area (Å²) in [5, 5.41) is 19.5. The fraction of sp³-hybridized carbons (Fsp3) is 0.174. The van der Waals surface area contributed by atoms with Gasteiger partial charge < -0.3 is 10.2 Å². The molecule has 0 radical (unpaired) electrons. The van der Waals surface area contributed by atoms with Crippen LogP contribution >= 0.6 is 0 Å². The van der Waals surface area contributed by atoms with Gasteiger partial charge in [0.05, 0.1) is 11.1 Å². The number of halogens is 1. The quantitative estimate of drug-likeness (QED) is 0.506. The van der Waals surface area contributed by atoms with E-state index in [0.717, 1.165) is 22.9 Å². The maximum Gasteiger partial charge on any atom is 0.335 e. The van der Waals surface area contributed by atoms with Crippen LogP contribution in [-0.2, 0) is 12.8 Å². The van der Waals surface area contributed by atoms with Crippen molar-refractivity contribution in [3.8, 4) is 17.1 Å². The zero-order valence-electron chi connectivity index (χ0n) is 16.3. The highest BCUT2D eigenvalue weighted by Gasteiger charge is 2.15. The lowest BCUT2D eigenvalue weighted by molar-refractivity contribution is 0.0697. The molecule has 2 aromatic carbocycles. The van der Waals surface area contributed by atoms with Crippen molar-refractivity contribution in [2.24, 2.45) is 0 Å². The van der Waals surface area contributed by atoms with Crippen LogP contribution in [0.4, 0.5) is 4.39 Å². The number of nitrogens with zero attached hydrogens (tertiary/aromatic N) is 3. The van der Waals surface area contributed by atoms with Crippen molar-refractivity contribution in [3.05, 3.63) is 77.5 Å². The van der Waals surface area contributed by atoms with Crippen molar-refractivity contribution in [3.63, 3.8) is 0 Å². The van der Waals surface area contributed by atoms with Crippen LogP contribution in [0, 0.1) is 5.82 Å². The molecule has 2 N–H and O–H groups in total. The van der Waals surface area contributed by atoms with Crippen molar-refractivity contribution in [1.29, 1.82) is 0 Å². The molecule has 6 nitrogen and oxygen atoms in total. The van der Waals surface area contributed by atoms with E-state index in [1.165, 1.54) is 12.1 Å². The van der Waals surface area contributed by atoms with Crippen LogP contribution in [0.1, 0.15) is 28.4 Å². The standard InChI is InChI=1S/C23H20FN3O3/c1-2-14-3-6-20(24)19(9-14)17-11-25-23(26-12-17)27-13-16(7-8-28)18-5-4-15(22(29)30)10-21(18)27/h3-6,9-13,28H,2,7-8H2,1H3,(H,29,30). The summed E-state index contributed by atoms with van der Waals surface area (Å²) in [7, 11) is 0. The van der Waals surface area contributed by atoms with Crippen LogP contribution in [0.3, 0.4) is 0 Å². The van der Waals surface area contributed by atoms with E-state index in [4.69, 9.17) is 0 Å². The molecule has 0 spiro atoms. The van der Waals surface area contributed by atoms with E-state index in [9.17, 15) is 19.4 Å². The molecule has 2 aromatic heterocycles. The summed E-state index contributed by atoms with van der Waals surface area (Å²) in [4.78, 5) is 20.2. The second-order valence-corrected chi connectivity index (χ2v) is 6.97. The average Bonchev–Trinajstić information content (AvgIpc) is 3.12. The Labute approximate surface area is 172 Å². The van der Waals surface area contributed by atoms with Crippen molar-refractivity contribution in [2.45, 2.75) is 19.8 Å². The first-order chi connectivity index (χ1) is 14.5. The van der Waals surface area contributed by atoms with Crippen molar-refractivity contribution in [1.82, 2.24) is 14.5 Å². The first-order valence-corrected chi connectivity index (χ1v) is 9.61. The SMILES string of the molecule is CCc1ccc(F)c(-c2cnc(-n3cc(CCO)c4ccc(C(=O)O)cc43)nc2)c1. The van der Waals surface area contributed by atoms with Gasteiger partial charge in [-0.2, -0.15) is 0 Å². The maximum atomic E-state index is 14.3. The Bertz CT molecular complexity index is 1230. The zero-order valence-corrected chi connectivity index (χ0v) is 16.3. The normalized spacial score (nSPS) is 11.2. The molecule has 0 fully saturated rings. The Balaban J connectivity index is 1.81. The molecule has 0 saturated heterocycles. The number of hydrogen-bond acceptors (Lipinski definition) is 4. The number of fused-ring (bicyclic) bond motifs is 1. The van der Waals surface area contributed by atoms with Gasteiger partial charge in [-0.25, -0.2) is 19.2 Å². The molecule has 0 amide bonds. The van der Waals surface area contributed by atoms with Crippen LogP contribution in [0.5, 0.6) is 0 Å². The highest BCUT2D eigenvalue weighted by atomic mass is 19.1. The molecule has 0 bridgehead atoms. The smallest absolute Gasteiger partial charge is 0.335 e. The van der Waals surface area contributed by atoms with Crippen molar-refractivity contribution < 1.29 is 19.4 Å². The van der Waals surface area contributed by atoms with Crippen LogP contribution in [-0.4, -0.2) is 37.3 Å². The molecule has 4 aromatic rings. The van der Waals surface area contributed by atoms with Gasteiger partial charge in [-0.15, -0.1) is 0 Å². The third-order valence-corrected chi connectivity index (χ3v) is 5.12. The van der Waals surface area contributed by atoms with Gasteiger partial charge in [-0.1, -0.05) is 19.1 Å². The lowest BCUT2D eigenvalue weighted by atomic mass is 10.0. The number of aromatic nitrogens is 3. The molecule has 7 heteroatoms. The number of carbonyl (C=O) groups is 1. The highest BCUT2D eigenvalue weighted by Crippen LogP contribution is 2.27. The molecule has 0 atom stereocenters. The summed E-state index contributed by atoms with van der Waals surface area (Å²) in [6.07, 6.45) is 6.11. The monoisotopic (exact) mass is 405 g/mol. The summed E-state index contributed by atoms with van der Waals surface area (Å²) in [5.74, 6) is -1.04. The Kier molecular flexibility index (Phi) is 5.29. The second-order valence-electron chi connectivity index (χ2n) is 6.97. The Morgan fingerprint density at radius 1 is 1.13 bits per heavy atom. The molecule has 0 saturated carbocycles. The fourth-order valence-corrected chi connectivity index (χ4v) is 3.51. The fourth-order valence-electron chi connectivity index (χ4n) is 3.51. The first-order valence-electron chi connectivity index (χ1n) is 9.61. The lowest BCUT2D eigenvalue weighted by Crippen LogP contribution is -2.01. The predicted molar refractivity (Wildman–Crippen MR) is 111 cm³/mol. The summed E-state index contributed by atoms with van der Waals surface area (Å²) in [6.45, 7) is 1.97. The maximum absolute atomic E-state index is 14.3. The van der Waals surface area contributed by atoms with Crippen LogP contribution in [0.25, 0.3) is 28.0 Å². The van der Waals surface area contributed by atoms with Gasteiger partial charge in [-0.3, -0.25) is 4.57 Å². The van der Waals surface area contributed by atoms with Gasteiger partial charge in [0.2, 0.25) is 5.95 Å². The average molecular weight is 405 g/mol. The van der Waals surface area contributed by atoms with Crippen LogP contribution in [0.15, 0.2) is 55.0 Å². The van der Waals surface area contributed by atoms with Gasteiger partial charge in [0.25, 0.3) is 0 Å². The number of rotatable bonds is 6. The minimum absolute atomic E-state index is 0.0351. The third-order valence-electron chi connectivity index (χ3n) is 5.12. The Morgan fingerprint density at radius 2 is 1.90 bits per heavy atom. The van der Waals surface area contributed by atoms with E-state index in [-0.39, 0.29) is 18.0 Å². The Hall–Kier alpha value is -3.58. The molecular weight excluding hydrogens is 385 g/mol. The molecule has 4 rings (SSSR count). The largest absolute Gasteiger partial charge is 0.478 e. The highest BCUT2D eigenvalue weighted by molar-refractivity contribution is 5.95. The lowest BCUT2D eigenvalue weighted by Gasteiger charge is -2.08. The minimum atomic E-state index is -1.03. The number of hydrogen-bond donors (Lipinski definition) is 2. The molecule has 0 aliphatic heterocycles. The van der Waals surface area contributed by atoms with E-state index >= 15 is 0 Å². The van der Waals surface area contributed by atoms with E-state index in [2.05, 4.69) is 9.97 Å². The summed E-state index contributed by atoms with van der Waals surface area (Å²) >= 11 is 0. The van der Waals surface area contributed by atoms with Crippen LogP contribution < -0.4 is 0 Å². The summed E-state index contributed by atoms with van der Waals surface area (Å²) in [6, 6.07) is 9.79. The number of carboxylic acids is 1. The molecule has 0 aliphatic rings. The topological polar surface area (TPSA) is 88.2 Å². The molecule has 30 heavy (non-hydrogen) atoms. The van der Waals surface area contributed by atoms with Crippen LogP contribution in [0.2, 0.25) is 0 Å². The van der Waals surface area contributed by atoms with Crippen molar-refractivity contribution in [2.75, 3.05) is 6.61 Å². The van der Waals surface area contributed by atoms with E-state index in [0.29, 0.717) is 29.0 Å². The molecule has 2 heterocycles. The van der Waals surface area contributed by atoms with E-state index in [1.807, 2.05) is 6.92 Å². The summed E-state index contributed by atoms with van der Waals surface area (Å²) in [5.41, 5.74) is 3.65. The molecule has 0 aliphatic carbocycles. The zero-order chi connectivity index (χ0) is 21.3. The number of carboxylic acid groups (broad SMARTS) is 1. The third kappa shape index (κ3) is 3.55. The van der Waals surface area contributed by atoms with Gasteiger partial charge in [0.1, 0.15) is 5.82 Å². The number of benzene rings is 2. The minimum Gasteiger partial charge on any atom is -0.478 e. The van der Waals surface area contributed by atoms with Gasteiger partial charge >= 0.3 is 5.97 Å². The van der Waals surface area contributed by atoms with Gasteiger partial charge in [0.15, 0.2) is 0 Å². The summed E-state index contributed by atoms with van der Waals surface area (Å²) < 4.78 is 16.0. The number of aliphatic hydroxyl groups is 1. The molecule has 152 valence electrons. The molecule has 0 unspecified atom stereocenters. The second kappa shape index (κ2) is 8.04. The number of aromatic carboxylic acids is 1.